The fraction of sp³-hybridized carbons (Fsp3) is 0.235. The van der Waals surface area contributed by atoms with Gasteiger partial charge in [-0.2, -0.15) is 0 Å². The van der Waals surface area contributed by atoms with Crippen LogP contribution in [0.25, 0.3) is 0 Å². The van der Waals surface area contributed by atoms with Gasteiger partial charge < -0.3 is 9.47 Å². The molecule has 0 bridgehead atoms. The molecule has 1 unspecified atom stereocenters. The summed E-state index contributed by atoms with van der Waals surface area (Å²) in [5.74, 6) is 0.0198. The molecule has 0 N–H and O–H groups in total. The van der Waals surface area contributed by atoms with Crippen LogP contribution in [0.1, 0.15) is 21.5 Å². The monoisotopic (exact) mass is 313 g/mol. The Hall–Kier alpha value is -2.73. The number of nitrogens with zero attached hydrogens (tertiary/aromatic N) is 1. The van der Waals surface area contributed by atoms with Gasteiger partial charge in [-0.3, -0.25) is 14.9 Å². The lowest BCUT2D eigenvalue weighted by molar-refractivity contribution is -0.385. The standard InChI is InChI=1S/C17H15NO5/c1-11-2-4-12(5-3-11)17(19)15-8-13(22-9-14-10-23-14)6-7-16(15)18(20)21/h2-8,14H,9-10H2,1H3. The van der Waals surface area contributed by atoms with Crippen molar-refractivity contribution in [3.63, 3.8) is 0 Å². The van der Waals surface area contributed by atoms with E-state index < -0.39 is 10.7 Å². The van der Waals surface area contributed by atoms with Crippen molar-refractivity contribution in [2.45, 2.75) is 13.0 Å². The summed E-state index contributed by atoms with van der Waals surface area (Å²) in [6.45, 7) is 2.93. The fourth-order valence-corrected chi connectivity index (χ4v) is 2.16. The highest BCUT2D eigenvalue weighted by Gasteiger charge is 2.25. The van der Waals surface area contributed by atoms with E-state index in [0.717, 1.165) is 5.56 Å². The molecule has 6 heteroatoms. The quantitative estimate of drug-likeness (QED) is 0.354. The van der Waals surface area contributed by atoms with Gasteiger partial charge in [-0.05, 0) is 19.1 Å². The number of carbonyl (C=O) groups is 1. The van der Waals surface area contributed by atoms with Crippen molar-refractivity contribution < 1.29 is 19.2 Å². The van der Waals surface area contributed by atoms with E-state index >= 15 is 0 Å². The number of hydrogen-bond acceptors (Lipinski definition) is 5. The van der Waals surface area contributed by atoms with Gasteiger partial charge >= 0.3 is 0 Å². The molecule has 0 spiro atoms. The SMILES string of the molecule is Cc1ccc(C(=O)c2cc(OCC3CO3)ccc2[N+](=O)[O-])cc1. The molecule has 2 aromatic carbocycles. The summed E-state index contributed by atoms with van der Waals surface area (Å²) in [6, 6.07) is 11.1. The van der Waals surface area contributed by atoms with Gasteiger partial charge in [-0.25, -0.2) is 0 Å². The molecule has 1 fully saturated rings. The van der Waals surface area contributed by atoms with Gasteiger partial charge in [0.05, 0.1) is 11.5 Å². The topological polar surface area (TPSA) is 82.0 Å². The zero-order chi connectivity index (χ0) is 16.4. The summed E-state index contributed by atoms with van der Waals surface area (Å²) in [6.07, 6.45) is 0.0708. The van der Waals surface area contributed by atoms with Crippen molar-refractivity contribution in [2.24, 2.45) is 0 Å². The Morgan fingerprint density at radius 1 is 1.30 bits per heavy atom. The molecule has 118 valence electrons. The lowest BCUT2D eigenvalue weighted by atomic mass is 10.0. The van der Waals surface area contributed by atoms with E-state index in [1.54, 1.807) is 24.3 Å². The normalized spacial score (nSPS) is 16.0. The van der Waals surface area contributed by atoms with Crippen LogP contribution < -0.4 is 4.74 Å². The number of carbonyl (C=O) groups excluding carboxylic acids is 1. The summed E-state index contributed by atoms with van der Waals surface area (Å²) in [5, 5.41) is 11.2. The van der Waals surface area contributed by atoms with Gasteiger partial charge in [-0.1, -0.05) is 29.8 Å². The van der Waals surface area contributed by atoms with E-state index in [4.69, 9.17) is 9.47 Å². The molecule has 0 amide bonds. The second-order valence-corrected chi connectivity index (χ2v) is 5.40. The molecule has 1 aliphatic heterocycles. The van der Waals surface area contributed by atoms with E-state index in [0.29, 0.717) is 24.5 Å². The van der Waals surface area contributed by atoms with Gasteiger partial charge in [0.2, 0.25) is 0 Å². The minimum Gasteiger partial charge on any atom is -0.491 e. The van der Waals surface area contributed by atoms with Crippen LogP contribution in [-0.4, -0.2) is 30.0 Å². The van der Waals surface area contributed by atoms with Crippen molar-refractivity contribution >= 4 is 11.5 Å². The smallest absolute Gasteiger partial charge is 0.280 e. The third-order valence-electron chi connectivity index (χ3n) is 3.56. The minimum atomic E-state index is -0.560. The average molecular weight is 313 g/mol. The van der Waals surface area contributed by atoms with Gasteiger partial charge in [0, 0.05) is 11.6 Å². The Morgan fingerprint density at radius 2 is 2.00 bits per heavy atom. The van der Waals surface area contributed by atoms with Gasteiger partial charge in [0.25, 0.3) is 5.69 Å². The molecule has 3 rings (SSSR count). The first-order valence-electron chi connectivity index (χ1n) is 7.19. The Balaban J connectivity index is 1.92. The van der Waals surface area contributed by atoms with Crippen molar-refractivity contribution in [3.8, 4) is 5.75 Å². The largest absolute Gasteiger partial charge is 0.491 e. The first-order valence-corrected chi connectivity index (χ1v) is 7.19. The summed E-state index contributed by atoms with van der Waals surface area (Å²) in [5.41, 5.74) is 1.21. The van der Waals surface area contributed by atoms with Crippen LogP contribution >= 0.6 is 0 Å². The number of epoxide rings is 1. The number of aryl methyl sites for hydroxylation is 1. The highest BCUT2D eigenvalue weighted by atomic mass is 16.6. The predicted molar refractivity (Wildman–Crippen MR) is 82.9 cm³/mol. The van der Waals surface area contributed by atoms with Gasteiger partial charge in [0.15, 0.2) is 5.78 Å². The van der Waals surface area contributed by atoms with Crippen LogP contribution in [-0.2, 0) is 4.74 Å². The Labute approximate surface area is 132 Å². The number of hydrogen-bond donors (Lipinski definition) is 0. The molecule has 1 heterocycles. The first kappa shape index (κ1) is 15.2. The van der Waals surface area contributed by atoms with Crippen LogP contribution in [0.15, 0.2) is 42.5 Å². The molecule has 0 radical (unpaired) electrons. The molecule has 23 heavy (non-hydrogen) atoms. The highest BCUT2D eigenvalue weighted by Crippen LogP contribution is 2.27. The van der Waals surface area contributed by atoms with Crippen molar-refractivity contribution in [1.82, 2.24) is 0 Å². The molecular weight excluding hydrogens is 298 g/mol. The number of ketones is 1. The number of ether oxygens (including phenoxy) is 2. The lowest BCUT2D eigenvalue weighted by Gasteiger charge is -2.08. The molecule has 1 atom stereocenters. The molecule has 0 saturated carbocycles. The van der Waals surface area contributed by atoms with Crippen molar-refractivity contribution in [1.29, 1.82) is 0 Å². The fourth-order valence-electron chi connectivity index (χ4n) is 2.16. The van der Waals surface area contributed by atoms with Crippen LogP contribution in [0.3, 0.4) is 0 Å². The first-order chi connectivity index (χ1) is 11.0. The minimum absolute atomic E-state index is 0.0214. The van der Waals surface area contributed by atoms with E-state index in [2.05, 4.69) is 0 Å². The third kappa shape index (κ3) is 3.54. The molecular formula is C17H15NO5. The van der Waals surface area contributed by atoms with Crippen LogP contribution in [0.4, 0.5) is 5.69 Å². The Bertz CT molecular complexity index is 750. The predicted octanol–water partition coefficient (Wildman–Crippen LogP) is 2.91. The van der Waals surface area contributed by atoms with E-state index in [1.165, 1.54) is 18.2 Å². The zero-order valence-electron chi connectivity index (χ0n) is 12.5. The van der Waals surface area contributed by atoms with Gasteiger partial charge in [-0.15, -0.1) is 0 Å². The second kappa shape index (κ2) is 6.18. The molecule has 2 aromatic rings. The summed E-state index contributed by atoms with van der Waals surface area (Å²) in [7, 11) is 0. The molecule has 0 aromatic heterocycles. The summed E-state index contributed by atoms with van der Waals surface area (Å²) >= 11 is 0. The molecule has 0 aliphatic carbocycles. The van der Waals surface area contributed by atoms with Gasteiger partial charge in [0.1, 0.15) is 24.0 Å². The third-order valence-corrected chi connectivity index (χ3v) is 3.56. The maximum absolute atomic E-state index is 12.6. The van der Waals surface area contributed by atoms with E-state index in [1.807, 2.05) is 6.92 Å². The highest BCUT2D eigenvalue weighted by molar-refractivity contribution is 6.11. The van der Waals surface area contributed by atoms with E-state index in [9.17, 15) is 14.9 Å². The number of benzene rings is 2. The molecule has 1 saturated heterocycles. The summed E-state index contributed by atoms with van der Waals surface area (Å²) in [4.78, 5) is 23.2. The zero-order valence-corrected chi connectivity index (χ0v) is 12.5. The number of rotatable bonds is 6. The van der Waals surface area contributed by atoms with E-state index in [-0.39, 0.29) is 17.4 Å². The molecule has 1 aliphatic rings. The maximum Gasteiger partial charge on any atom is 0.280 e. The average Bonchev–Trinajstić information content (AvgIpc) is 3.37. The van der Waals surface area contributed by atoms with Crippen LogP contribution in [0.2, 0.25) is 0 Å². The summed E-state index contributed by atoms with van der Waals surface area (Å²) < 4.78 is 10.6. The lowest BCUT2D eigenvalue weighted by Crippen LogP contribution is -2.08. The Morgan fingerprint density at radius 3 is 2.61 bits per heavy atom. The van der Waals surface area contributed by atoms with Crippen LogP contribution in [0.5, 0.6) is 5.75 Å². The Kier molecular flexibility index (Phi) is 4.08. The maximum atomic E-state index is 12.6. The number of nitro groups is 1. The van der Waals surface area contributed by atoms with Crippen molar-refractivity contribution in [2.75, 3.05) is 13.2 Å². The molecule has 6 nitrogen and oxygen atoms in total. The van der Waals surface area contributed by atoms with Crippen molar-refractivity contribution in [3.05, 3.63) is 69.3 Å². The number of nitro benzene ring substituents is 1. The second-order valence-electron chi connectivity index (χ2n) is 5.40. The van der Waals surface area contributed by atoms with Crippen LogP contribution in [0, 0.1) is 17.0 Å².